The molecular weight excluding hydrogens is 342 g/mol. The van der Waals surface area contributed by atoms with Crippen molar-refractivity contribution in [2.24, 2.45) is 0 Å². The van der Waals surface area contributed by atoms with E-state index in [4.69, 9.17) is 0 Å². The second kappa shape index (κ2) is 8.77. The molecule has 28 heavy (non-hydrogen) atoms. The summed E-state index contributed by atoms with van der Waals surface area (Å²) in [6.45, 7) is 4.92. The molecular formula is C25H27N3. The molecule has 0 aliphatic heterocycles. The van der Waals surface area contributed by atoms with Gasteiger partial charge in [-0.05, 0) is 29.8 Å². The van der Waals surface area contributed by atoms with Crippen LogP contribution < -0.4 is 16.0 Å². The van der Waals surface area contributed by atoms with Gasteiger partial charge in [0.15, 0.2) is 0 Å². The van der Waals surface area contributed by atoms with E-state index in [2.05, 4.69) is 108 Å². The van der Waals surface area contributed by atoms with Crippen LogP contribution in [0.25, 0.3) is 21.5 Å². The summed E-state index contributed by atoms with van der Waals surface area (Å²) in [5.41, 5.74) is 2.39. The van der Waals surface area contributed by atoms with Gasteiger partial charge in [0.2, 0.25) is 0 Å². The molecule has 0 aromatic heterocycles. The maximum absolute atomic E-state index is 3.59. The molecule has 0 aliphatic carbocycles. The molecule has 0 aliphatic rings. The lowest BCUT2D eigenvalue weighted by Crippen LogP contribution is -2.35. The van der Waals surface area contributed by atoms with Crippen LogP contribution in [0.1, 0.15) is 6.92 Å². The zero-order chi connectivity index (χ0) is 19.2. The Morgan fingerprint density at radius 3 is 1.79 bits per heavy atom. The second-order valence-electron chi connectivity index (χ2n) is 7.22. The maximum atomic E-state index is 3.59. The van der Waals surface area contributed by atoms with E-state index in [1.165, 1.54) is 32.9 Å². The molecule has 0 radical (unpaired) electrons. The van der Waals surface area contributed by atoms with Crippen LogP contribution in [-0.2, 0) is 0 Å². The summed E-state index contributed by atoms with van der Waals surface area (Å²) in [7, 11) is 0. The molecule has 142 valence electrons. The molecule has 0 saturated carbocycles. The Balaban J connectivity index is 1.26. The standard InChI is InChI=1S/C25H27N3/c1-19(18-28-25-15-7-11-21-9-3-5-13-23(21)25)26-16-17-27-24-14-6-10-20-8-2-4-12-22(20)24/h2-15,19,26-28H,16-18H2,1H3. The number of rotatable bonds is 8. The number of hydrogen-bond donors (Lipinski definition) is 3. The van der Waals surface area contributed by atoms with Crippen molar-refractivity contribution in [1.29, 1.82) is 0 Å². The van der Waals surface area contributed by atoms with Gasteiger partial charge >= 0.3 is 0 Å². The first kappa shape index (κ1) is 18.3. The third kappa shape index (κ3) is 4.26. The second-order valence-corrected chi connectivity index (χ2v) is 7.22. The molecule has 0 fully saturated rings. The van der Waals surface area contributed by atoms with Crippen LogP contribution in [0.2, 0.25) is 0 Å². The van der Waals surface area contributed by atoms with Gasteiger partial charge in [-0.3, -0.25) is 0 Å². The first-order valence-corrected chi connectivity index (χ1v) is 9.98. The molecule has 1 atom stereocenters. The molecule has 4 aromatic carbocycles. The minimum atomic E-state index is 0.383. The van der Waals surface area contributed by atoms with Crippen molar-refractivity contribution in [2.45, 2.75) is 13.0 Å². The predicted octanol–water partition coefficient (Wildman–Crippen LogP) is 5.50. The Morgan fingerprint density at radius 1 is 0.607 bits per heavy atom. The Labute approximate surface area is 166 Å². The van der Waals surface area contributed by atoms with Gasteiger partial charge in [0.05, 0.1) is 0 Å². The lowest BCUT2D eigenvalue weighted by Gasteiger charge is -2.17. The van der Waals surface area contributed by atoms with Gasteiger partial charge in [0.1, 0.15) is 0 Å². The van der Waals surface area contributed by atoms with Gasteiger partial charge in [-0.1, -0.05) is 72.8 Å². The fraction of sp³-hybridized carbons (Fsp3) is 0.200. The van der Waals surface area contributed by atoms with E-state index in [1.807, 2.05) is 0 Å². The highest BCUT2D eigenvalue weighted by Gasteiger charge is 2.04. The van der Waals surface area contributed by atoms with Crippen LogP contribution >= 0.6 is 0 Å². The molecule has 1 unspecified atom stereocenters. The third-order valence-corrected chi connectivity index (χ3v) is 5.11. The van der Waals surface area contributed by atoms with Crippen LogP contribution in [0.15, 0.2) is 84.9 Å². The van der Waals surface area contributed by atoms with Crippen LogP contribution in [-0.4, -0.2) is 25.7 Å². The van der Waals surface area contributed by atoms with Gasteiger partial charge in [0, 0.05) is 47.8 Å². The van der Waals surface area contributed by atoms with Gasteiger partial charge in [0.25, 0.3) is 0 Å². The van der Waals surface area contributed by atoms with Gasteiger partial charge in [-0.15, -0.1) is 0 Å². The van der Waals surface area contributed by atoms with Crippen LogP contribution in [0.3, 0.4) is 0 Å². The molecule has 3 heteroatoms. The van der Waals surface area contributed by atoms with E-state index in [9.17, 15) is 0 Å². The van der Waals surface area contributed by atoms with Crippen LogP contribution in [0, 0.1) is 0 Å². The number of hydrogen-bond acceptors (Lipinski definition) is 3. The molecule has 4 aromatic rings. The summed E-state index contributed by atoms with van der Waals surface area (Å²) in [6, 6.07) is 30.2. The molecule has 3 N–H and O–H groups in total. The summed E-state index contributed by atoms with van der Waals surface area (Å²) in [5, 5.41) is 15.8. The molecule has 0 saturated heterocycles. The van der Waals surface area contributed by atoms with Crippen LogP contribution in [0.4, 0.5) is 11.4 Å². The Morgan fingerprint density at radius 2 is 1.14 bits per heavy atom. The smallest absolute Gasteiger partial charge is 0.0420 e. The normalized spacial score (nSPS) is 12.2. The SMILES string of the molecule is CC(CNc1cccc2ccccc12)NCCNc1cccc2ccccc12. The summed E-state index contributed by atoms with van der Waals surface area (Å²) in [5.74, 6) is 0. The first-order valence-electron chi connectivity index (χ1n) is 9.98. The van der Waals surface area contributed by atoms with Crippen molar-refractivity contribution < 1.29 is 0 Å². The Kier molecular flexibility index (Phi) is 5.74. The molecule has 0 bridgehead atoms. The monoisotopic (exact) mass is 369 g/mol. The lowest BCUT2D eigenvalue weighted by molar-refractivity contribution is 0.581. The lowest BCUT2D eigenvalue weighted by atomic mass is 10.1. The zero-order valence-electron chi connectivity index (χ0n) is 16.3. The molecule has 0 spiro atoms. The largest absolute Gasteiger partial charge is 0.383 e. The Hall–Kier alpha value is -3.04. The zero-order valence-corrected chi connectivity index (χ0v) is 16.3. The van der Waals surface area contributed by atoms with Crippen LogP contribution in [0.5, 0.6) is 0 Å². The maximum Gasteiger partial charge on any atom is 0.0420 e. The molecule has 0 heterocycles. The summed E-state index contributed by atoms with van der Waals surface area (Å²) >= 11 is 0. The summed E-state index contributed by atoms with van der Waals surface area (Å²) in [6.07, 6.45) is 0. The van der Waals surface area contributed by atoms with Crippen molar-refractivity contribution in [3.63, 3.8) is 0 Å². The molecule has 0 amide bonds. The summed E-state index contributed by atoms with van der Waals surface area (Å²) in [4.78, 5) is 0. The number of benzene rings is 4. The van der Waals surface area contributed by atoms with E-state index >= 15 is 0 Å². The topological polar surface area (TPSA) is 36.1 Å². The highest BCUT2D eigenvalue weighted by atomic mass is 15.0. The van der Waals surface area contributed by atoms with Crippen molar-refractivity contribution in [2.75, 3.05) is 30.3 Å². The number of fused-ring (bicyclic) bond motifs is 2. The average molecular weight is 370 g/mol. The number of nitrogens with one attached hydrogen (secondary N) is 3. The third-order valence-electron chi connectivity index (χ3n) is 5.11. The van der Waals surface area contributed by atoms with E-state index < -0.39 is 0 Å². The van der Waals surface area contributed by atoms with Gasteiger partial charge in [-0.2, -0.15) is 0 Å². The van der Waals surface area contributed by atoms with E-state index in [1.54, 1.807) is 0 Å². The predicted molar refractivity (Wildman–Crippen MR) is 122 cm³/mol. The van der Waals surface area contributed by atoms with Gasteiger partial charge < -0.3 is 16.0 Å². The fourth-order valence-corrected chi connectivity index (χ4v) is 3.61. The van der Waals surface area contributed by atoms with Gasteiger partial charge in [-0.25, -0.2) is 0 Å². The summed E-state index contributed by atoms with van der Waals surface area (Å²) < 4.78 is 0. The van der Waals surface area contributed by atoms with Crippen molar-refractivity contribution >= 4 is 32.9 Å². The van der Waals surface area contributed by atoms with E-state index in [0.717, 1.165) is 19.6 Å². The van der Waals surface area contributed by atoms with Crippen molar-refractivity contribution in [3.8, 4) is 0 Å². The Bertz CT molecular complexity index is 1050. The van der Waals surface area contributed by atoms with E-state index in [-0.39, 0.29) is 0 Å². The highest BCUT2D eigenvalue weighted by Crippen LogP contribution is 2.23. The average Bonchev–Trinajstić information content (AvgIpc) is 2.75. The quantitative estimate of drug-likeness (QED) is 0.359. The fourth-order valence-electron chi connectivity index (χ4n) is 3.61. The molecule has 3 nitrogen and oxygen atoms in total. The van der Waals surface area contributed by atoms with Crippen molar-refractivity contribution in [1.82, 2.24) is 5.32 Å². The minimum absolute atomic E-state index is 0.383. The van der Waals surface area contributed by atoms with E-state index in [0.29, 0.717) is 6.04 Å². The minimum Gasteiger partial charge on any atom is -0.383 e. The highest BCUT2D eigenvalue weighted by molar-refractivity contribution is 5.94. The van der Waals surface area contributed by atoms with Crippen molar-refractivity contribution in [3.05, 3.63) is 84.9 Å². The molecule has 4 rings (SSSR count). The number of anilines is 2. The first-order chi connectivity index (χ1) is 13.8.